The Morgan fingerprint density at radius 1 is 1.42 bits per heavy atom. The lowest BCUT2D eigenvalue weighted by atomic mass is 10.0. The van der Waals surface area contributed by atoms with Gasteiger partial charge in [-0.25, -0.2) is 18.7 Å². The molecule has 0 saturated heterocycles. The van der Waals surface area contributed by atoms with E-state index < -0.39 is 11.8 Å². The fourth-order valence-corrected chi connectivity index (χ4v) is 2.48. The van der Waals surface area contributed by atoms with Crippen LogP contribution in [0.2, 0.25) is 0 Å². The van der Waals surface area contributed by atoms with E-state index in [1.165, 1.54) is 28.9 Å². The minimum absolute atomic E-state index is 0.0136. The number of carbonyl (C=O) groups is 1. The average molecular weight is 330 g/mol. The van der Waals surface area contributed by atoms with Gasteiger partial charge >= 0.3 is 5.97 Å². The monoisotopic (exact) mass is 330 g/mol. The third kappa shape index (κ3) is 2.85. The Morgan fingerprint density at radius 3 is 2.92 bits per heavy atom. The molecular weight excluding hydrogens is 315 g/mol. The van der Waals surface area contributed by atoms with E-state index in [1.807, 2.05) is 6.92 Å². The summed E-state index contributed by atoms with van der Waals surface area (Å²) in [4.78, 5) is 15.4. The van der Waals surface area contributed by atoms with Gasteiger partial charge in [-0.3, -0.25) is 0 Å². The van der Waals surface area contributed by atoms with Crippen LogP contribution in [0.25, 0.3) is 5.65 Å². The number of anilines is 1. The molecule has 1 aromatic carbocycles. The van der Waals surface area contributed by atoms with Crippen LogP contribution in [0.3, 0.4) is 0 Å². The molecule has 0 saturated carbocycles. The Hall–Kier alpha value is -3.16. The lowest BCUT2D eigenvalue weighted by Crippen LogP contribution is -2.12. The lowest BCUT2D eigenvalue weighted by molar-refractivity contribution is 0.0698. The second kappa shape index (κ2) is 6.15. The molecule has 1 atom stereocenters. The van der Waals surface area contributed by atoms with E-state index >= 15 is 0 Å². The molecule has 2 heterocycles. The van der Waals surface area contributed by atoms with E-state index in [9.17, 15) is 14.3 Å². The first-order valence-corrected chi connectivity index (χ1v) is 7.32. The molecule has 0 aliphatic heterocycles. The molecule has 124 valence electrons. The molecule has 0 radical (unpaired) electrons. The van der Waals surface area contributed by atoms with E-state index in [1.54, 1.807) is 12.3 Å². The zero-order chi connectivity index (χ0) is 17.3. The van der Waals surface area contributed by atoms with Gasteiger partial charge in [-0.15, -0.1) is 0 Å². The normalized spacial score (nSPS) is 12.2. The third-order valence-corrected chi connectivity index (χ3v) is 3.69. The number of carboxylic acid groups (broad SMARTS) is 1. The number of carboxylic acids is 1. The van der Waals surface area contributed by atoms with Crippen LogP contribution in [0.5, 0.6) is 5.75 Å². The van der Waals surface area contributed by atoms with Crippen LogP contribution in [-0.2, 0) is 0 Å². The van der Waals surface area contributed by atoms with Crippen molar-refractivity contribution < 1.29 is 19.4 Å². The standard InChI is InChI=1S/C16H15FN4O3/c1-2-12(10-7-9(17)3-4-13(10)22)19-14-5-6-21-15(20-14)11(8-18-21)16(23)24/h3-8,12,22H,2H2,1H3,(H,19,20)(H,23,24)/t12-/m1/s1. The summed E-state index contributed by atoms with van der Waals surface area (Å²) in [5, 5.41) is 26.1. The predicted molar refractivity (Wildman–Crippen MR) is 84.7 cm³/mol. The summed E-state index contributed by atoms with van der Waals surface area (Å²) < 4.78 is 14.8. The van der Waals surface area contributed by atoms with Gasteiger partial charge in [-0.05, 0) is 30.7 Å². The van der Waals surface area contributed by atoms with Crippen molar-refractivity contribution in [3.63, 3.8) is 0 Å². The summed E-state index contributed by atoms with van der Waals surface area (Å²) in [6.07, 6.45) is 3.37. The van der Waals surface area contributed by atoms with Crippen LogP contribution < -0.4 is 5.32 Å². The lowest BCUT2D eigenvalue weighted by Gasteiger charge is -2.19. The molecule has 2 aromatic heterocycles. The number of nitrogens with one attached hydrogen (secondary N) is 1. The van der Waals surface area contributed by atoms with Crippen molar-refractivity contribution in [3.8, 4) is 5.75 Å². The van der Waals surface area contributed by atoms with Crippen LogP contribution in [0.15, 0.2) is 36.7 Å². The van der Waals surface area contributed by atoms with Crippen LogP contribution in [-0.4, -0.2) is 30.8 Å². The van der Waals surface area contributed by atoms with Gasteiger partial charge in [0.15, 0.2) is 5.65 Å². The van der Waals surface area contributed by atoms with Gasteiger partial charge in [0, 0.05) is 11.8 Å². The largest absolute Gasteiger partial charge is 0.508 e. The van der Waals surface area contributed by atoms with Gasteiger partial charge in [-0.1, -0.05) is 6.92 Å². The summed E-state index contributed by atoms with van der Waals surface area (Å²) in [5.74, 6) is -1.19. The highest BCUT2D eigenvalue weighted by atomic mass is 19.1. The SMILES string of the molecule is CC[C@@H](Nc1ccn2ncc(C(=O)O)c2n1)c1cc(F)ccc1O. The van der Waals surface area contributed by atoms with Crippen molar-refractivity contribution in [1.82, 2.24) is 14.6 Å². The first-order valence-electron chi connectivity index (χ1n) is 7.32. The molecular formula is C16H15FN4O3. The van der Waals surface area contributed by atoms with Gasteiger partial charge in [0.2, 0.25) is 0 Å². The molecule has 0 unspecified atom stereocenters. The Balaban J connectivity index is 1.96. The van der Waals surface area contributed by atoms with Gasteiger partial charge in [0.25, 0.3) is 0 Å². The second-order valence-corrected chi connectivity index (χ2v) is 5.25. The fraction of sp³-hybridized carbons (Fsp3) is 0.188. The number of hydrogen-bond acceptors (Lipinski definition) is 5. The van der Waals surface area contributed by atoms with Crippen LogP contribution in [0.1, 0.15) is 35.3 Å². The number of aromatic hydroxyl groups is 1. The maximum atomic E-state index is 13.5. The van der Waals surface area contributed by atoms with Gasteiger partial charge in [-0.2, -0.15) is 5.10 Å². The van der Waals surface area contributed by atoms with Gasteiger partial charge in [0.1, 0.15) is 22.9 Å². The molecule has 3 N–H and O–H groups in total. The fourth-order valence-electron chi connectivity index (χ4n) is 2.48. The molecule has 0 fully saturated rings. The molecule has 0 aliphatic rings. The Labute approximate surface area is 136 Å². The van der Waals surface area contributed by atoms with Crippen LogP contribution >= 0.6 is 0 Å². The van der Waals surface area contributed by atoms with Crippen LogP contribution in [0.4, 0.5) is 10.2 Å². The topological polar surface area (TPSA) is 99.8 Å². The molecule has 0 bridgehead atoms. The molecule has 0 spiro atoms. The summed E-state index contributed by atoms with van der Waals surface area (Å²) in [7, 11) is 0. The zero-order valence-electron chi connectivity index (χ0n) is 12.8. The number of benzene rings is 1. The van der Waals surface area contributed by atoms with E-state index in [0.29, 0.717) is 17.8 Å². The van der Waals surface area contributed by atoms with Crippen molar-refractivity contribution in [3.05, 3.63) is 53.6 Å². The number of phenolic OH excluding ortho intramolecular Hbond substituents is 1. The van der Waals surface area contributed by atoms with Crippen molar-refractivity contribution in [2.75, 3.05) is 5.32 Å². The molecule has 7 nitrogen and oxygen atoms in total. The molecule has 3 aromatic rings. The first-order chi connectivity index (χ1) is 11.5. The third-order valence-electron chi connectivity index (χ3n) is 3.69. The Bertz CT molecular complexity index is 909. The van der Waals surface area contributed by atoms with Gasteiger partial charge in [0.05, 0.1) is 12.2 Å². The number of nitrogens with zero attached hydrogens (tertiary/aromatic N) is 3. The van der Waals surface area contributed by atoms with E-state index in [4.69, 9.17) is 5.11 Å². The predicted octanol–water partition coefficient (Wildman–Crippen LogP) is 2.84. The number of halogens is 1. The summed E-state index contributed by atoms with van der Waals surface area (Å²) in [6, 6.07) is 4.99. The number of rotatable bonds is 5. The molecule has 24 heavy (non-hydrogen) atoms. The van der Waals surface area contributed by atoms with Gasteiger partial charge < -0.3 is 15.5 Å². The van der Waals surface area contributed by atoms with E-state index in [2.05, 4.69) is 15.4 Å². The highest BCUT2D eigenvalue weighted by Gasteiger charge is 2.17. The van der Waals surface area contributed by atoms with Crippen molar-refractivity contribution in [2.24, 2.45) is 0 Å². The number of hydrogen-bond donors (Lipinski definition) is 3. The van der Waals surface area contributed by atoms with Crippen molar-refractivity contribution >= 4 is 17.4 Å². The van der Waals surface area contributed by atoms with Crippen LogP contribution in [0, 0.1) is 5.82 Å². The summed E-state index contributed by atoms with van der Waals surface area (Å²) >= 11 is 0. The van der Waals surface area contributed by atoms with Crippen molar-refractivity contribution in [1.29, 1.82) is 0 Å². The zero-order valence-corrected chi connectivity index (χ0v) is 12.8. The number of fused-ring (bicyclic) bond motifs is 1. The summed E-state index contributed by atoms with van der Waals surface area (Å²) in [5.41, 5.74) is 0.595. The quantitative estimate of drug-likeness (QED) is 0.665. The van der Waals surface area contributed by atoms with E-state index in [0.717, 1.165) is 0 Å². The molecule has 0 aliphatic carbocycles. The summed E-state index contributed by atoms with van der Waals surface area (Å²) in [6.45, 7) is 1.88. The number of aromatic nitrogens is 3. The minimum atomic E-state index is -1.12. The number of aromatic carboxylic acids is 1. The smallest absolute Gasteiger partial charge is 0.341 e. The minimum Gasteiger partial charge on any atom is -0.508 e. The highest BCUT2D eigenvalue weighted by molar-refractivity contribution is 5.94. The first kappa shape index (κ1) is 15.7. The molecule has 8 heteroatoms. The molecule has 3 rings (SSSR count). The van der Waals surface area contributed by atoms with Crippen molar-refractivity contribution in [2.45, 2.75) is 19.4 Å². The Kier molecular flexibility index (Phi) is 4.03. The average Bonchev–Trinajstić information content (AvgIpc) is 2.98. The maximum absolute atomic E-state index is 13.5. The van der Waals surface area contributed by atoms with E-state index in [-0.39, 0.29) is 23.0 Å². The second-order valence-electron chi connectivity index (χ2n) is 5.25. The molecule has 0 amide bonds. The number of phenols is 1. The Morgan fingerprint density at radius 2 is 2.21 bits per heavy atom. The highest BCUT2D eigenvalue weighted by Crippen LogP contribution is 2.29. The maximum Gasteiger partial charge on any atom is 0.341 e.